The molecule has 0 rings (SSSR count). The number of carbonyl (C=O) groups is 1. The third-order valence-corrected chi connectivity index (χ3v) is 1.13. The van der Waals surface area contributed by atoms with Crippen molar-refractivity contribution in [1.82, 2.24) is 5.48 Å². The van der Waals surface area contributed by atoms with Crippen LogP contribution in [0.4, 0.5) is 13.2 Å². The van der Waals surface area contributed by atoms with Gasteiger partial charge in [0.2, 0.25) is 0 Å². The number of carboxylic acids is 1. The fourth-order valence-electron chi connectivity index (χ4n) is 0.510. The van der Waals surface area contributed by atoms with Crippen LogP contribution in [-0.4, -0.2) is 30.9 Å². The number of rotatable bonds is 4. The molecule has 12 heavy (non-hydrogen) atoms. The normalized spacial score (nSPS) is 14.3. The quantitative estimate of drug-likeness (QED) is 0.625. The van der Waals surface area contributed by atoms with Gasteiger partial charge in [-0.05, 0) is 0 Å². The molecule has 1 unspecified atom stereocenters. The Morgan fingerprint density at radius 2 is 2.17 bits per heavy atom. The fraction of sp³-hybridized carbons (Fsp3) is 0.800. The Bertz CT molecular complexity index is 159. The number of nitrogens with one attached hydrogen (secondary N) is 1. The monoisotopic (exact) mass is 187 g/mol. The molecule has 0 aromatic carbocycles. The molecule has 0 saturated carbocycles. The molecule has 7 heteroatoms. The van der Waals surface area contributed by atoms with Crippen molar-refractivity contribution in [2.45, 2.75) is 6.18 Å². The molecule has 0 bridgehead atoms. The number of carboxylic acid groups (broad SMARTS) is 1. The summed E-state index contributed by atoms with van der Waals surface area (Å²) in [7, 11) is 1.11. The summed E-state index contributed by atoms with van der Waals surface area (Å²) in [5.74, 6) is -4.36. The lowest BCUT2D eigenvalue weighted by atomic mass is 10.1. The second-order valence-corrected chi connectivity index (χ2v) is 1.99. The summed E-state index contributed by atoms with van der Waals surface area (Å²) in [6, 6.07) is 0. The van der Waals surface area contributed by atoms with Crippen molar-refractivity contribution < 1.29 is 27.9 Å². The highest BCUT2D eigenvalue weighted by atomic mass is 19.4. The van der Waals surface area contributed by atoms with Crippen LogP contribution in [0.25, 0.3) is 0 Å². The Morgan fingerprint density at radius 1 is 1.67 bits per heavy atom. The first-order valence-corrected chi connectivity index (χ1v) is 2.95. The van der Waals surface area contributed by atoms with E-state index >= 15 is 0 Å². The van der Waals surface area contributed by atoms with E-state index < -0.39 is 24.6 Å². The minimum Gasteiger partial charge on any atom is -0.481 e. The summed E-state index contributed by atoms with van der Waals surface area (Å²) < 4.78 is 35.5. The molecule has 0 aromatic heterocycles. The highest BCUT2D eigenvalue weighted by molar-refractivity contribution is 5.71. The minimum atomic E-state index is -4.75. The van der Waals surface area contributed by atoms with Crippen molar-refractivity contribution in [3.05, 3.63) is 0 Å². The summed E-state index contributed by atoms with van der Waals surface area (Å²) >= 11 is 0. The topological polar surface area (TPSA) is 58.6 Å². The maximum atomic E-state index is 11.8. The molecule has 1 atom stereocenters. The summed E-state index contributed by atoms with van der Waals surface area (Å²) in [5, 5.41) is 8.12. The van der Waals surface area contributed by atoms with Gasteiger partial charge in [0, 0.05) is 6.54 Å². The van der Waals surface area contributed by atoms with E-state index in [0.717, 1.165) is 7.11 Å². The van der Waals surface area contributed by atoms with E-state index in [0.29, 0.717) is 0 Å². The molecule has 0 amide bonds. The van der Waals surface area contributed by atoms with E-state index in [-0.39, 0.29) is 0 Å². The van der Waals surface area contributed by atoms with Crippen molar-refractivity contribution >= 4 is 5.97 Å². The molecule has 0 radical (unpaired) electrons. The van der Waals surface area contributed by atoms with Crippen LogP contribution in [0.5, 0.6) is 0 Å². The second kappa shape index (κ2) is 4.27. The van der Waals surface area contributed by atoms with Gasteiger partial charge in [-0.25, -0.2) is 5.48 Å². The zero-order valence-corrected chi connectivity index (χ0v) is 6.18. The third-order valence-electron chi connectivity index (χ3n) is 1.13. The van der Waals surface area contributed by atoms with Crippen molar-refractivity contribution in [1.29, 1.82) is 0 Å². The van der Waals surface area contributed by atoms with Gasteiger partial charge in [0.05, 0.1) is 7.11 Å². The number of hydrogen-bond donors (Lipinski definition) is 2. The van der Waals surface area contributed by atoms with E-state index in [4.69, 9.17) is 5.11 Å². The van der Waals surface area contributed by atoms with Crippen molar-refractivity contribution in [3.63, 3.8) is 0 Å². The highest BCUT2D eigenvalue weighted by Gasteiger charge is 2.44. The molecular weight excluding hydrogens is 179 g/mol. The van der Waals surface area contributed by atoms with Crippen molar-refractivity contribution in [3.8, 4) is 0 Å². The Labute approximate surface area is 66.3 Å². The summed E-state index contributed by atoms with van der Waals surface area (Å²) in [6.07, 6.45) is -4.75. The first-order valence-electron chi connectivity index (χ1n) is 2.95. The standard InChI is InChI=1S/C5H8F3NO3/c1-12-9-2-3(4(10)11)5(6,7)8/h3,9H,2H2,1H3,(H,10,11). The third kappa shape index (κ3) is 3.54. The van der Waals surface area contributed by atoms with Gasteiger partial charge in [-0.2, -0.15) is 13.2 Å². The average molecular weight is 187 g/mol. The van der Waals surface area contributed by atoms with E-state index in [1.165, 1.54) is 0 Å². The van der Waals surface area contributed by atoms with E-state index in [2.05, 4.69) is 4.84 Å². The first-order chi connectivity index (χ1) is 5.39. The molecule has 0 fully saturated rings. The molecule has 4 nitrogen and oxygen atoms in total. The second-order valence-electron chi connectivity index (χ2n) is 1.99. The Balaban J connectivity index is 4.15. The molecule has 0 heterocycles. The number of hydrogen-bond acceptors (Lipinski definition) is 3. The van der Waals surface area contributed by atoms with Gasteiger partial charge < -0.3 is 9.94 Å². The van der Waals surface area contributed by atoms with Crippen LogP contribution < -0.4 is 5.48 Å². The molecule has 0 aliphatic rings. The number of aliphatic carboxylic acids is 1. The SMILES string of the molecule is CONCC(C(=O)O)C(F)(F)F. The van der Waals surface area contributed by atoms with Crippen molar-refractivity contribution in [2.24, 2.45) is 5.92 Å². The minimum absolute atomic E-state index is 0.796. The van der Waals surface area contributed by atoms with Crippen LogP contribution in [0.3, 0.4) is 0 Å². The Kier molecular flexibility index (Phi) is 3.98. The average Bonchev–Trinajstić information content (AvgIpc) is 1.84. The fourth-order valence-corrected chi connectivity index (χ4v) is 0.510. The number of halogens is 3. The van der Waals surface area contributed by atoms with Gasteiger partial charge in [0.15, 0.2) is 5.92 Å². The summed E-state index contributed by atoms with van der Waals surface area (Å²) in [6.45, 7) is -0.796. The van der Waals surface area contributed by atoms with Crippen LogP contribution in [0.2, 0.25) is 0 Å². The molecule has 0 aliphatic heterocycles. The molecule has 0 aromatic rings. The largest absolute Gasteiger partial charge is 0.481 e. The molecule has 2 N–H and O–H groups in total. The maximum absolute atomic E-state index is 11.8. The number of alkyl halides is 3. The van der Waals surface area contributed by atoms with Crippen LogP contribution in [-0.2, 0) is 9.63 Å². The Morgan fingerprint density at radius 3 is 2.42 bits per heavy atom. The van der Waals surface area contributed by atoms with Gasteiger partial charge in [0.1, 0.15) is 0 Å². The maximum Gasteiger partial charge on any atom is 0.403 e. The van der Waals surface area contributed by atoms with Gasteiger partial charge >= 0.3 is 12.1 Å². The predicted octanol–water partition coefficient (Wildman–Crippen LogP) is 0.400. The molecule has 72 valence electrons. The Hall–Kier alpha value is -0.820. The van der Waals surface area contributed by atoms with Gasteiger partial charge in [-0.15, -0.1) is 0 Å². The van der Waals surface area contributed by atoms with Crippen LogP contribution in [0, 0.1) is 5.92 Å². The lowest BCUT2D eigenvalue weighted by Crippen LogP contribution is -2.38. The zero-order valence-electron chi connectivity index (χ0n) is 6.18. The highest BCUT2D eigenvalue weighted by Crippen LogP contribution is 2.25. The predicted molar refractivity (Wildman–Crippen MR) is 32.2 cm³/mol. The molecular formula is C5H8F3NO3. The molecule has 0 aliphatic carbocycles. The van der Waals surface area contributed by atoms with Crippen LogP contribution in [0.15, 0.2) is 0 Å². The lowest BCUT2D eigenvalue weighted by molar-refractivity contribution is -0.196. The van der Waals surface area contributed by atoms with E-state index in [1.54, 1.807) is 0 Å². The van der Waals surface area contributed by atoms with Gasteiger partial charge in [-0.3, -0.25) is 4.79 Å². The molecule has 0 saturated heterocycles. The van der Waals surface area contributed by atoms with E-state index in [9.17, 15) is 18.0 Å². The lowest BCUT2D eigenvalue weighted by Gasteiger charge is -2.15. The van der Waals surface area contributed by atoms with Crippen LogP contribution in [0.1, 0.15) is 0 Å². The smallest absolute Gasteiger partial charge is 0.403 e. The zero-order chi connectivity index (χ0) is 9.78. The summed E-state index contributed by atoms with van der Waals surface area (Å²) in [4.78, 5) is 14.1. The molecule has 0 spiro atoms. The summed E-state index contributed by atoms with van der Waals surface area (Å²) in [5.41, 5.74) is 1.84. The first kappa shape index (κ1) is 11.2. The van der Waals surface area contributed by atoms with Gasteiger partial charge in [0.25, 0.3) is 0 Å². The van der Waals surface area contributed by atoms with Crippen molar-refractivity contribution in [2.75, 3.05) is 13.7 Å². The number of hydroxylamine groups is 1. The van der Waals surface area contributed by atoms with Crippen LogP contribution >= 0.6 is 0 Å². The van der Waals surface area contributed by atoms with E-state index in [1.807, 2.05) is 5.48 Å². The van der Waals surface area contributed by atoms with Gasteiger partial charge in [-0.1, -0.05) is 0 Å².